The first-order chi connectivity index (χ1) is 8.72. The number of nitrogens with one attached hydrogen (secondary N) is 1. The smallest absolute Gasteiger partial charge is 0.243 e. The molecule has 2 heterocycles. The Bertz CT molecular complexity index is 602. The first-order valence-electron chi connectivity index (χ1n) is 5.74. The summed E-state index contributed by atoms with van der Waals surface area (Å²) in [6.45, 7) is 1.85. The molecule has 3 N–H and O–H groups in total. The summed E-state index contributed by atoms with van der Waals surface area (Å²) in [5.41, 5.74) is 0. The molecule has 2 rings (SSSR count). The lowest BCUT2D eigenvalue weighted by Gasteiger charge is -2.20. The minimum Gasteiger partial charge on any atom is -0.307 e. The van der Waals surface area contributed by atoms with Gasteiger partial charge >= 0.3 is 0 Å². The highest BCUT2D eigenvalue weighted by atomic mass is 32.2. The van der Waals surface area contributed by atoms with Crippen LogP contribution in [0.25, 0.3) is 0 Å². The number of thioether (sulfide) groups is 1. The van der Waals surface area contributed by atoms with E-state index in [2.05, 4.69) is 10.4 Å². The molecule has 1 aliphatic rings. The van der Waals surface area contributed by atoms with E-state index in [4.69, 9.17) is 5.14 Å². The summed E-state index contributed by atoms with van der Waals surface area (Å²) < 4.78 is 23.6. The molecule has 1 unspecified atom stereocenters. The molecular weight excluding hydrogens is 288 g/mol. The van der Waals surface area contributed by atoms with Crippen molar-refractivity contribution in [2.45, 2.75) is 29.4 Å². The fourth-order valence-corrected chi connectivity index (χ4v) is 3.83. The molecule has 1 amide bonds. The number of primary sulfonamides is 1. The topological polar surface area (TPSA) is 107 Å². The van der Waals surface area contributed by atoms with Gasteiger partial charge in [-0.15, -0.1) is 11.8 Å². The molecule has 0 saturated carbocycles. The maximum atomic E-state index is 12.2. The predicted octanol–water partition coefficient (Wildman–Crippen LogP) is 0.292. The van der Waals surface area contributed by atoms with E-state index in [1.807, 2.05) is 6.92 Å². The molecular formula is C10H16N4O3S2. The van der Waals surface area contributed by atoms with Crippen molar-refractivity contribution in [3.05, 3.63) is 6.20 Å². The van der Waals surface area contributed by atoms with E-state index in [1.54, 1.807) is 18.8 Å². The molecule has 1 aliphatic heterocycles. The zero-order chi connectivity index (χ0) is 14.3. The van der Waals surface area contributed by atoms with Crippen LogP contribution >= 0.6 is 11.8 Å². The number of hydrogen-bond donors (Lipinski definition) is 2. The molecule has 0 aliphatic carbocycles. The van der Waals surface area contributed by atoms with Gasteiger partial charge in [0, 0.05) is 13.2 Å². The van der Waals surface area contributed by atoms with Gasteiger partial charge < -0.3 is 5.32 Å². The molecule has 19 heavy (non-hydrogen) atoms. The third kappa shape index (κ3) is 2.93. The Morgan fingerprint density at radius 3 is 2.84 bits per heavy atom. The van der Waals surface area contributed by atoms with Crippen LogP contribution in [0.5, 0.6) is 0 Å². The number of hydrogen-bond acceptors (Lipinski definition) is 5. The third-order valence-corrected chi connectivity index (χ3v) is 5.46. The van der Waals surface area contributed by atoms with Gasteiger partial charge in [0.05, 0.1) is 4.75 Å². The zero-order valence-corrected chi connectivity index (χ0v) is 12.3. The largest absolute Gasteiger partial charge is 0.307 e. The number of sulfonamides is 1. The van der Waals surface area contributed by atoms with Crippen molar-refractivity contribution in [3.63, 3.8) is 0 Å². The summed E-state index contributed by atoms with van der Waals surface area (Å²) >= 11 is 1.56. The number of nitrogens with two attached hydrogens (primary N) is 1. The molecule has 1 fully saturated rings. The van der Waals surface area contributed by atoms with Crippen molar-refractivity contribution in [2.24, 2.45) is 12.2 Å². The maximum Gasteiger partial charge on any atom is 0.243 e. The Morgan fingerprint density at radius 2 is 2.32 bits per heavy atom. The Hall–Kier alpha value is -1.06. The average molecular weight is 304 g/mol. The molecule has 7 nitrogen and oxygen atoms in total. The number of carbonyl (C=O) groups excluding carboxylic acids is 1. The summed E-state index contributed by atoms with van der Waals surface area (Å²) in [4.78, 5) is 12.0. The summed E-state index contributed by atoms with van der Waals surface area (Å²) in [6.07, 6.45) is 3.01. The lowest BCUT2D eigenvalue weighted by Crippen LogP contribution is -2.35. The lowest BCUT2D eigenvalue weighted by molar-refractivity contribution is -0.118. The van der Waals surface area contributed by atoms with Gasteiger partial charge in [0.2, 0.25) is 15.9 Å². The molecule has 1 atom stereocenters. The highest BCUT2D eigenvalue weighted by Crippen LogP contribution is 2.38. The molecule has 0 spiro atoms. The maximum absolute atomic E-state index is 12.2. The normalized spacial score (nSPS) is 23.5. The number of amides is 1. The molecule has 1 aromatic heterocycles. The van der Waals surface area contributed by atoms with Gasteiger partial charge in [-0.1, -0.05) is 0 Å². The summed E-state index contributed by atoms with van der Waals surface area (Å²) in [6, 6.07) is 0. The number of aromatic nitrogens is 2. The van der Waals surface area contributed by atoms with Crippen LogP contribution in [0.2, 0.25) is 0 Å². The lowest BCUT2D eigenvalue weighted by atomic mass is 10.1. The number of carbonyl (C=O) groups is 1. The third-order valence-electron chi connectivity index (χ3n) is 3.03. The first-order valence-corrected chi connectivity index (χ1v) is 8.27. The van der Waals surface area contributed by atoms with E-state index in [-0.39, 0.29) is 16.6 Å². The highest BCUT2D eigenvalue weighted by molar-refractivity contribution is 8.01. The van der Waals surface area contributed by atoms with E-state index in [0.29, 0.717) is 0 Å². The fraction of sp³-hybridized carbons (Fsp3) is 0.600. The molecule has 1 saturated heterocycles. The SMILES string of the molecule is Cn1cc(S(N)(=O)=O)c(NC(=O)C2(C)CCCS2)n1. The van der Waals surface area contributed by atoms with Crippen LogP contribution in [0.3, 0.4) is 0 Å². The van der Waals surface area contributed by atoms with Crippen molar-refractivity contribution in [3.8, 4) is 0 Å². The van der Waals surface area contributed by atoms with Crippen LogP contribution < -0.4 is 10.5 Å². The van der Waals surface area contributed by atoms with Crippen molar-refractivity contribution < 1.29 is 13.2 Å². The molecule has 9 heteroatoms. The summed E-state index contributed by atoms with van der Waals surface area (Å²) in [5.74, 6) is 0.677. The minimum atomic E-state index is -3.91. The van der Waals surface area contributed by atoms with Gasteiger partial charge in [-0.05, 0) is 25.5 Å². The highest BCUT2D eigenvalue weighted by Gasteiger charge is 2.38. The van der Waals surface area contributed by atoms with Crippen molar-refractivity contribution in [2.75, 3.05) is 11.1 Å². The van der Waals surface area contributed by atoms with Crippen LogP contribution in [-0.4, -0.2) is 34.6 Å². The Kier molecular flexibility index (Phi) is 3.63. The minimum absolute atomic E-state index is 0.0104. The number of nitrogens with zero attached hydrogens (tertiary/aromatic N) is 2. The van der Waals surface area contributed by atoms with Gasteiger partial charge in [0.15, 0.2) is 5.82 Å². The second-order valence-corrected chi connectivity index (χ2v) is 7.83. The molecule has 1 aromatic rings. The molecule has 0 aromatic carbocycles. The summed E-state index contributed by atoms with van der Waals surface area (Å²) in [5, 5.41) is 11.6. The predicted molar refractivity (Wildman–Crippen MR) is 73.3 cm³/mol. The van der Waals surface area contributed by atoms with E-state index in [9.17, 15) is 13.2 Å². The fourth-order valence-electron chi connectivity index (χ4n) is 1.96. The van der Waals surface area contributed by atoms with Crippen LogP contribution in [0, 0.1) is 0 Å². The van der Waals surface area contributed by atoms with E-state index in [0.717, 1.165) is 18.6 Å². The molecule has 0 bridgehead atoms. The van der Waals surface area contributed by atoms with Crippen LogP contribution in [0.1, 0.15) is 19.8 Å². The second-order valence-electron chi connectivity index (χ2n) is 4.70. The van der Waals surface area contributed by atoms with Crippen molar-refractivity contribution in [1.82, 2.24) is 9.78 Å². The van der Waals surface area contributed by atoms with Gasteiger partial charge in [0.1, 0.15) is 4.90 Å². The monoisotopic (exact) mass is 304 g/mol. The Morgan fingerprint density at radius 1 is 1.63 bits per heavy atom. The standard InChI is InChI=1S/C10H16N4O3S2/c1-10(4-3-5-18-10)9(15)12-8-7(19(11,16)17)6-14(2)13-8/h6H,3-5H2,1-2H3,(H2,11,16,17)(H,12,13,15). The van der Waals surface area contributed by atoms with E-state index < -0.39 is 14.8 Å². The van der Waals surface area contributed by atoms with Gasteiger partial charge in [-0.2, -0.15) is 5.10 Å². The Labute approximate surface area is 116 Å². The van der Waals surface area contributed by atoms with Crippen LogP contribution in [-0.2, 0) is 21.9 Å². The van der Waals surface area contributed by atoms with E-state index in [1.165, 1.54) is 10.9 Å². The van der Waals surface area contributed by atoms with Crippen LogP contribution in [0.15, 0.2) is 11.1 Å². The van der Waals surface area contributed by atoms with Gasteiger partial charge in [-0.3, -0.25) is 9.48 Å². The zero-order valence-electron chi connectivity index (χ0n) is 10.7. The van der Waals surface area contributed by atoms with Gasteiger partial charge in [-0.25, -0.2) is 13.6 Å². The number of rotatable bonds is 3. The average Bonchev–Trinajstić information content (AvgIpc) is 2.85. The number of anilines is 1. The Balaban J connectivity index is 2.27. The first kappa shape index (κ1) is 14.4. The van der Waals surface area contributed by atoms with Crippen LogP contribution in [0.4, 0.5) is 5.82 Å². The molecule has 106 valence electrons. The quantitative estimate of drug-likeness (QED) is 0.834. The van der Waals surface area contributed by atoms with E-state index >= 15 is 0 Å². The van der Waals surface area contributed by atoms with Gasteiger partial charge in [0.25, 0.3) is 0 Å². The van der Waals surface area contributed by atoms with Crippen molar-refractivity contribution in [1.29, 1.82) is 0 Å². The van der Waals surface area contributed by atoms with Crippen molar-refractivity contribution >= 4 is 33.5 Å². The number of aryl methyl sites for hydroxylation is 1. The second kappa shape index (κ2) is 4.80. The summed E-state index contributed by atoms with van der Waals surface area (Å²) in [7, 11) is -2.34. The molecule has 0 radical (unpaired) electrons.